The molecule has 76 valence electrons. The van der Waals surface area contributed by atoms with E-state index < -0.39 is 0 Å². The van der Waals surface area contributed by atoms with Crippen molar-refractivity contribution < 1.29 is 4.79 Å². The average Bonchev–Trinajstić information content (AvgIpc) is 2.74. The van der Waals surface area contributed by atoms with Crippen LogP contribution in [0.4, 0.5) is 0 Å². The Hall–Kier alpha value is -0.280. The molecule has 2 unspecified atom stereocenters. The van der Waals surface area contributed by atoms with Gasteiger partial charge in [0.05, 0.1) is 5.25 Å². The number of aryl methyl sites for hydroxylation is 1. The molecule has 2 heterocycles. The molecule has 0 spiro atoms. The van der Waals surface area contributed by atoms with Crippen molar-refractivity contribution >= 4 is 28.9 Å². The highest BCUT2D eigenvalue weighted by molar-refractivity contribution is 8.01. The molecule has 3 heteroatoms. The first-order chi connectivity index (χ1) is 6.75. The summed E-state index contributed by atoms with van der Waals surface area (Å²) < 4.78 is 0. The molecule has 0 amide bonds. The Balaban J connectivity index is 1.80. The van der Waals surface area contributed by atoms with E-state index in [1.807, 2.05) is 30.0 Å². The number of rotatable bonds is 3. The molecule has 1 aromatic rings. The van der Waals surface area contributed by atoms with Gasteiger partial charge in [0, 0.05) is 16.5 Å². The number of hydrogen-bond acceptors (Lipinski definition) is 3. The molecule has 0 saturated carbocycles. The Kier molecular flexibility index (Phi) is 3.29. The molecular formula is C11H14OS2. The van der Waals surface area contributed by atoms with E-state index in [4.69, 9.17) is 0 Å². The first kappa shape index (κ1) is 10.2. The van der Waals surface area contributed by atoms with Crippen LogP contribution in [0.3, 0.4) is 0 Å². The number of Topliss-reactive ketones (excluding diaryl/α,β-unsaturated/α-hetero) is 1. The quantitative estimate of drug-likeness (QED) is 0.787. The van der Waals surface area contributed by atoms with E-state index >= 15 is 0 Å². The Morgan fingerprint density at radius 1 is 1.57 bits per heavy atom. The van der Waals surface area contributed by atoms with Crippen LogP contribution < -0.4 is 0 Å². The van der Waals surface area contributed by atoms with Gasteiger partial charge < -0.3 is 0 Å². The molecule has 0 aliphatic carbocycles. The third kappa shape index (κ3) is 2.39. The summed E-state index contributed by atoms with van der Waals surface area (Å²) in [6, 6.07) is 4.27. The van der Waals surface area contributed by atoms with Gasteiger partial charge in [-0.15, -0.1) is 23.1 Å². The lowest BCUT2D eigenvalue weighted by Gasteiger charge is -2.06. The number of thiophene rings is 1. The topological polar surface area (TPSA) is 17.1 Å². The van der Waals surface area contributed by atoms with Crippen LogP contribution in [0.1, 0.15) is 24.6 Å². The molecule has 1 aliphatic heterocycles. The average molecular weight is 226 g/mol. The van der Waals surface area contributed by atoms with Crippen molar-refractivity contribution in [3.05, 3.63) is 22.4 Å². The van der Waals surface area contributed by atoms with Crippen molar-refractivity contribution in [3.8, 4) is 0 Å². The van der Waals surface area contributed by atoms with Gasteiger partial charge in [-0.2, -0.15) is 0 Å². The largest absolute Gasteiger partial charge is 0.298 e. The van der Waals surface area contributed by atoms with Crippen LogP contribution in [-0.2, 0) is 11.2 Å². The van der Waals surface area contributed by atoms with Gasteiger partial charge in [-0.3, -0.25) is 4.79 Å². The summed E-state index contributed by atoms with van der Waals surface area (Å²) in [6.07, 6.45) is 3.08. The molecular weight excluding hydrogens is 212 g/mol. The van der Waals surface area contributed by atoms with Crippen LogP contribution in [0.25, 0.3) is 0 Å². The summed E-state index contributed by atoms with van der Waals surface area (Å²) >= 11 is 3.66. The van der Waals surface area contributed by atoms with Crippen molar-refractivity contribution in [1.82, 2.24) is 0 Å². The molecule has 1 aliphatic rings. The molecule has 1 fully saturated rings. The minimum atomic E-state index is 0.239. The smallest absolute Gasteiger partial charge is 0.146 e. The Bertz CT molecular complexity index is 305. The van der Waals surface area contributed by atoms with E-state index in [0.717, 1.165) is 19.3 Å². The molecule has 2 atom stereocenters. The normalized spacial score (nSPS) is 27.1. The van der Waals surface area contributed by atoms with Gasteiger partial charge in [0.2, 0.25) is 0 Å². The van der Waals surface area contributed by atoms with E-state index in [1.54, 1.807) is 0 Å². The van der Waals surface area contributed by atoms with Crippen LogP contribution in [0.15, 0.2) is 17.5 Å². The third-order valence-electron chi connectivity index (χ3n) is 2.57. The third-order valence-corrected chi connectivity index (χ3v) is 4.97. The highest BCUT2D eigenvalue weighted by Gasteiger charge is 2.29. The maximum Gasteiger partial charge on any atom is 0.146 e. The molecule has 2 rings (SSSR count). The summed E-state index contributed by atoms with van der Waals surface area (Å²) in [6.45, 7) is 2.03. The summed E-state index contributed by atoms with van der Waals surface area (Å²) in [5.74, 6) is 0.436. The number of ketones is 1. The van der Waals surface area contributed by atoms with Crippen molar-refractivity contribution in [3.63, 3.8) is 0 Å². The number of hydrogen-bond donors (Lipinski definition) is 0. The predicted molar refractivity (Wildman–Crippen MR) is 63.1 cm³/mol. The lowest BCUT2D eigenvalue weighted by molar-refractivity contribution is -0.117. The molecule has 0 bridgehead atoms. The molecule has 14 heavy (non-hydrogen) atoms. The Labute approximate surface area is 92.9 Å². The van der Waals surface area contributed by atoms with Crippen LogP contribution in [0.2, 0.25) is 0 Å². The minimum Gasteiger partial charge on any atom is -0.298 e. The second-order valence-corrected chi connectivity index (χ2v) is 6.37. The highest BCUT2D eigenvalue weighted by atomic mass is 32.2. The lowest BCUT2D eigenvalue weighted by Crippen LogP contribution is -2.04. The minimum absolute atomic E-state index is 0.239. The van der Waals surface area contributed by atoms with Gasteiger partial charge in [0.1, 0.15) is 5.78 Å². The SMILES string of the molecule is CC1SC(CCc2cccs2)CC1=O. The van der Waals surface area contributed by atoms with Gasteiger partial charge in [0.15, 0.2) is 0 Å². The standard InChI is InChI=1S/C11H14OS2/c1-8-11(12)7-10(14-8)5-4-9-3-2-6-13-9/h2-3,6,8,10H,4-5,7H2,1H3. The Morgan fingerprint density at radius 3 is 3.00 bits per heavy atom. The van der Waals surface area contributed by atoms with Gasteiger partial charge in [-0.05, 0) is 31.2 Å². The lowest BCUT2D eigenvalue weighted by atomic mass is 10.1. The number of carbonyl (C=O) groups is 1. The molecule has 0 radical (unpaired) electrons. The van der Waals surface area contributed by atoms with E-state index in [2.05, 4.69) is 17.5 Å². The van der Waals surface area contributed by atoms with Crippen LogP contribution in [-0.4, -0.2) is 16.3 Å². The van der Waals surface area contributed by atoms with Gasteiger partial charge in [-0.25, -0.2) is 0 Å². The zero-order chi connectivity index (χ0) is 9.97. The highest BCUT2D eigenvalue weighted by Crippen LogP contribution is 2.33. The van der Waals surface area contributed by atoms with Crippen molar-refractivity contribution in [2.45, 2.75) is 36.7 Å². The molecule has 1 nitrogen and oxygen atoms in total. The van der Waals surface area contributed by atoms with E-state index in [-0.39, 0.29) is 5.25 Å². The first-order valence-corrected chi connectivity index (χ1v) is 6.78. The summed E-state index contributed by atoms with van der Waals surface area (Å²) in [5, 5.41) is 2.92. The second-order valence-electron chi connectivity index (χ2n) is 3.69. The number of thioether (sulfide) groups is 1. The fourth-order valence-corrected chi connectivity index (χ4v) is 3.80. The first-order valence-electron chi connectivity index (χ1n) is 4.96. The molecule has 1 aromatic heterocycles. The maximum absolute atomic E-state index is 11.3. The fourth-order valence-electron chi connectivity index (χ4n) is 1.73. The fraction of sp³-hybridized carbons (Fsp3) is 0.545. The van der Waals surface area contributed by atoms with Crippen molar-refractivity contribution in [1.29, 1.82) is 0 Å². The number of carbonyl (C=O) groups excluding carboxylic acids is 1. The molecule has 0 N–H and O–H groups in total. The summed E-state index contributed by atoms with van der Waals surface area (Å²) in [7, 11) is 0. The second kappa shape index (κ2) is 4.49. The monoisotopic (exact) mass is 226 g/mol. The van der Waals surface area contributed by atoms with Crippen molar-refractivity contribution in [2.75, 3.05) is 0 Å². The van der Waals surface area contributed by atoms with E-state index in [0.29, 0.717) is 11.0 Å². The Morgan fingerprint density at radius 2 is 2.43 bits per heavy atom. The van der Waals surface area contributed by atoms with Crippen LogP contribution >= 0.6 is 23.1 Å². The van der Waals surface area contributed by atoms with Gasteiger partial charge >= 0.3 is 0 Å². The zero-order valence-electron chi connectivity index (χ0n) is 8.23. The molecule has 1 saturated heterocycles. The van der Waals surface area contributed by atoms with E-state index in [1.165, 1.54) is 4.88 Å². The predicted octanol–water partition coefficient (Wildman–Crippen LogP) is 3.14. The van der Waals surface area contributed by atoms with E-state index in [9.17, 15) is 4.79 Å². The van der Waals surface area contributed by atoms with Gasteiger partial charge in [0.25, 0.3) is 0 Å². The van der Waals surface area contributed by atoms with Gasteiger partial charge in [-0.1, -0.05) is 6.07 Å². The molecule has 0 aromatic carbocycles. The zero-order valence-corrected chi connectivity index (χ0v) is 9.87. The van der Waals surface area contributed by atoms with Crippen LogP contribution in [0, 0.1) is 0 Å². The summed E-state index contributed by atoms with van der Waals surface area (Å²) in [5.41, 5.74) is 0. The van der Waals surface area contributed by atoms with Crippen molar-refractivity contribution in [2.24, 2.45) is 0 Å². The summed E-state index contributed by atoms with van der Waals surface area (Å²) in [4.78, 5) is 12.8. The van der Waals surface area contributed by atoms with Crippen LogP contribution in [0.5, 0.6) is 0 Å². The maximum atomic E-state index is 11.3.